The number of nitrogens with zero attached hydrogens (tertiary/aromatic N) is 3. The van der Waals surface area contributed by atoms with E-state index in [2.05, 4.69) is 10.5 Å². The van der Waals surface area contributed by atoms with Crippen molar-refractivity contribution in [3.05, 3.63) is 11.8 Å². The number of likely N-dealkylation sites (tertiary alicyclic amines) is 2. The zero-order valence-corrected chi connectivity index (χ0v) is 16.4. The molecule has 4 rings (SSSR count). The first-order valence-corrected chi connectivity index (χ1v) is 10.4. The third-order valence-corrected chi connectivity index (χ3v) is 6.24. The molecule has 0 radical (unpaired) electrons. The van der Waals surface area contributed by atoms with Crippen LogP contribution in [-0.2, 0) is 14.4 Å². The Kier molecular flexibility index (Phi) is 5.37. The molecule has 1 aliphatic carbocycles. The number of carbonyl (C=O) groups excluding carboxylic acids is 3. The summed E-state index contributed by atoms with van der Waals surface area (Å²) in [5, 5.41) is 6.52. The third-order valence-electron chi connectivity index (χ3n) is 6.24. The van der Waals surface area contributed by atoms with Gasteiger partial charge in [0.05, 0.1) is 5.92 Å². The van der Waals surface area contributed by atoms with Crippen LogP contribution in [0.15, 0.2) is 10.6 Å². The monoisotopic (exact) mass is 388 g/mol. The molecule has 2 aliphatic heterocycles. The van der Waals surface area contributed by atoms with Crippen molar-refractivity contribution in [2.45, 2.75) is 70.4 Å². The van der Waals surface area contributed by atoms with Gasteiger partial charge >= 0.3 is 0 Å². The third kappa shape index (κ3) is 3.77. The van der Waals surface area contributed by atoms with Gasteiger partial charge < -0.3 is 19.6 Å². The summed E-state index contributed by atoms with van der Waals surface area (Å²) in [5.74, 6) is 0.414. The number of amides is 3. The Hall–Kier alpha value is -2.38. The van der Waals surface area contributed by atoms with E-state index in [-0.39, 0.29) is 36.1 Å². The first kappa shape index (κ1) is 19.0. The number of carbonyl (C=O) groups is 3. The van der Waals surface area contributed by atoms with Crippen molar-refractivity contribution in [1.29, 1.82) is 0 Å². The highest BCUT2D eigenvalue weighted by Crippen LogP contribution is 2.31. The maximum Gasteiger partial charge on any atom is 0.248 e. The van der Waals surface area contributed by atoms with Gasteiger partial charge in [-0.25, -0.2) is 0 Å². The summed E-state index contributed by atoms with van der Waals surface area (Å²) in [6.45, 7) is 2.81. The highest BCUT2D eigenvalue weighted by Gasteiger charge is 2.43. The quantitative estimate of drug-likeness (QED) is 0.852. The second-order valence-corrected chi connectivity index (χ2v) is 8.24. The van der Waals surface area contributed by atoms with Gasteiger partial charge in [0.1, 0.15) is 11.8 Å². The van der Waals surface area contributed by atoms with Crippen LogP contribution in [0.1, 0.15) is 57.1 Å². The average Bonchev–Trinajstić information content (AvgIpc) is 3.42. The number of aryl methyl sites for hydroxylation is 1. The van der Waals surface area contributed by atoms with Crippen molar-refractivity contribution in [2.75, 3.05) is 18.4 Å². The zero-order valence-electron chi connectivity index (χ0n) is 16.4. The number of aromatic nitrogens is 1. The Morgan fingerprint density at radius 3 is 2.68 bits per heavy atom. The van der Waals surface area contributed by atoms with Crippen molar-refractivity contribution in [1.82, 2.24) is 15.0 Å². The molecule has 1 aromatic heterocycles. The van der Waals surface area contributed by atoms with E-state index < -0.39 is 6.04 Å². The molecule has 3 aliphatic rings. The van der Waals surface area contributed by atoms with E-state index >= 15 is 0 Å². The molecule has 2 unspecified atom stereocenters. The first-order chi connectivity index (χ1) is 13.5. The standard InChI is InChI=1S/C20H28N4O4/c1-13-10-17(22-28-13)21-19(26)16-8-5-9-23(16)20(27)14-11-18(25)24(12-14)15-6-3-2-4-7-15/h10,14-16H,2-9,11-12H2,1H3,(H,21,22,26). The summed E-state index contributed by atoms with van der Waals surface area (Å²) < 4.78 is 4.98. The molecular formula is C20H28N4O4. The molecule has 1 N–H and O–H groups in total. The molecule has 2 saturated heterocycles. The lowest BCUT2D eigenvalue weighted by molar-refractivity contribution is -0.140. The van der Waals surface area contributed by atoms with Crippen LogP contribution < -0.4 is 5.32 Å². The van der Waals surface area contributed by atoms with Gasteiger partial charge in [0.2, 0.25) is 17.7 Å². The molecule has 28 heavy (non-hydrogen) atoms. The van der Waals surface area contributed by atoms with Crippen molar-refractivity contribution in [2.24, 2.45) is 5.92 Å². The number of hydrogen-bond acceptors (Lipinski definition) is 5. The van der Waals surface area contributed by atoms with Crippen molar-refractivity contribution >= 4 is 23.5 Å². The maximum absolute atomic E-state index is 13.1. The predicted molar refractivity (Wildman–Crippen MR) is 101 cm³/mol. The largest absolute Gasteiger partial charge is 0.360 e. The average molecular weight is 388 g/mol. The Balaban J connectivity index is 1.39. The molecule has 8 nitrogen and oxygen atoms in total. The summed E-state index contributed by atoms with van der Waals surface area (Å²) in [6, 6.07) is 1.42. The molecule has 8 heteroatoms. The minimum absolute atomic E-state index is 0.0688. The van der Waals surface area contributed by atoms with Gasteiger partial charge in [-0.1, -0.05) is 24.4 Å². The Bertz CT molecular complexity index is 755. The lowest BCUT2D eigenvalue weighted by atomic mass is 9.94. The van der Waals surface area contributed by atoms with Crippen LogP contribution in [0.5, 0.6) is 0 Å². The minimum atomic E-state index is -0.511. The van der Waals surface area contributed by atoms with Crippen LogP contribution >= 0.6 is 0 Å². The van der Waals surface area contributed by atoms with Gasteiger partial charge in [0, 0.05) is 31.6 Å². The summed E-state index contributed by atoms with van der Waals surface area (Å²) in [7, 11) is 0. The molecule has 1 saturated carbocycles. The lowest BCUT2D eigenvalue weighted by Gasteiger charge is -2.31. The molecule has 2 atom stereocenters. The molecule has 3 fully saturated rings. The van der Waals surface area contributed by atoms with E-state index in [1.807, 2.05) is 4.90 Å². The van der Waals surface area contributed by atoms with Gasteiger partial charge in [0.15, 0.2) is 5.82 Å². The van der Waals surface area contributed by atoms with Crippen molar-refractivity contribution in [3.63, 3.8) is 0 Å². The molecule has 0 bridgehead atoms. The Morgan fingerprint density at radius 1 is 1.18 bits per heavy atom. The minimum Gasteiger partial charge on any atom is -0.360 e. The zero-order chi connectivity index (χ0) is 19.7. The van der Waals surface area contributed by atoms with Crippen LogP contribution in [0.3, 0.4) is 0 Å². The van der Waals surface area contributed by atoms with Crippen LogP contribution in [0, 0.1) is 12.8 Å². The summed E-state index contributed by atoms with van der Waals surface area (Å²) in [6.07, 6.45) is 7.30. The number of nitrogens with one attached hydrogen (secondary N) is 1. The van der Waals surface area contributed by atoms with E-state index in [9.17, 15) is 14.4 Å². The van der Waals surface area contributed by atoms with Gasteiger partial charge in [-0.15, -0.1) is 0 Å². The number of anilines is 1. The maximum atomic E-state index is 13.1. The fraction of sp³-hybridized carbons (Fsp3) is 0.700. The van der Waals surface area contributed by atoms with E-state index in [0.717, 1.165) is 32.1 Å². The van der Waals surface area contributed by atoms with Gasteiger partial charge in [-0.3, -0.25) is 14.4 Å². The summed E-state index contributed by atoms with van der Waals surface area (Å²) >= 11 is 0. The molecule has 152 valence electrons. The van der Waals surface area contributed by atoms with E-state index in [0.29, 0.717) is 31.1 Å². The molecular weight excluding hydrogens is 360 g/mol. The fourth-order valence-electron chi connectivity index (χ4n) is 4.82. The highest BCUT2D eigenvalue weighted by atomic mass is 16.5. The number of hydrogen-bond donors (Lipinski definition) is 1. The van der Waals surface area contributed by atoms with Crippen LogP contribution in [0.25, 0.3) is 0 Å². The van der Waals surface area contributed by atoms with Crippen molar-refractivity contribution in [3.8, 4) is 0 Å². The Labute approximate surface area is 164 Å². The summed E-state index contributed by atoms with van der Waals surface area (Å²) in [5.41, 5.74) is 0. The van der Waals surface area contributed by atoms with E-state index in [1.54, 1.807) is 17.9 Å². The highest BCUT2D eigenvalue weighted by molar-refractivity contribution is 5.98. The topological polar surface area (TPSA) is 95.8 Å². The van der Waals surface area contributed by atoms with Crippen LogP contribution in [0.2, 0.25) is 0 Å². The SMILES string of the molecule is Cc1cc(NC(=O)C2CCCN2C(=O)C2CC(=O)N(C3CCCCC3)C2)no1. The molecule has 0 aromatic carbocycles. The van der Waals surface area contributed by atoms with E-state index in [1.165, 1.54) is 6.42 Å². The second kappa shape index (κ2) is 7.93. The second-order valence-electron chi connectivity index (χ2n) is 8.24. The normalized spacial score (nSPS) is 26.1. The lowest BCUT2D eigenvalue weighted by Crippen LogP contribution is -2.46. The van der Waals surface area contributed by atoms with Crippen LogP contribution in [0.4, 0.5) is 5.82 Å². The predicted octanol–water partition coefficient (Wildman–Crippen LogP) is 2.09. The summed E-state index contributed by atoms with van der Waals surface area (Å²) in [4.78, 5) is 41.9. The fourth-order valence-corrected chi connectivity index (χ4v) is 4.82. The first-order valence-electron chi connectivity index (χ1n) is 10.4. The van der Waals surface area contributed by atoms with Gasteiger partial charge in [-0.2, -0.15) is 0 Å². The molecule has 3 heterocycles. The molecule has 1 aromatic rings. The van der Waals surface area contributed by atoms with Gasteiger partial charge in [-0.05, 0) is 32.6 Å². The van der Waals surface area contributed by atoms with E-state index in [4.69, 9.17) is 4.52 Å². The smallest absolute Gasteiger partial charge is 0.248 e. The van der Waals surface area contributed by atoms with Crippen LogP contribution in [-0.4, -0.2) is 57.9 Å². The molecule has 3 amide bonds. The molecule has 0 spiro atoms. The Morgan fingerprint density at radius 2 is 1.96 bits per heavy atom. The van der Waals surface area contributed by atoms with Gasteiger partial charge in [0.25, 0.3) is 0 Å². The number of rotatable bonds is 4. The van der Waals surface area contributed by atoms with Crippen molar-refractivity contribution < 1.29 is 18.9 Å².